The van der Waals surface area contributed by atoms with E-state index in [-0.39, 0.29) is 25.9 Å². The van der Waals surface area contributed by atoms with Crippen LogP contribution < -0.4 is 10.0 Å². The number of carbonyl (C=O) groups is 2. The number of likely N-dealkylation sites (tertiary alicyclic amines) is 1. The molecule has 0 radical (unpaired) electrons. The van der Waals surface area contributed by atoms with Crippen LogP contribution >= 0.6 is 0 Å². The molecule has 1 aliphatic heterocycles. The summed E-state index contributed by atoms with van der Waals surface area (Å²) in [5, 5.41) is 1.53. The number of sulfone groups is 1. The summed E-state index contributed by atoms with van der Waals surface area (Å²) in [7, 11) is -6.46. The summed E-state index contributed by atoms with van der Waals surface area (Å²) in [5.74, 6) is -2.67. The van der Waals surface area contributed by atoms with Gasteiger partial charge in [-0.1, -0.05) is 12.1 Å². The van der Waals surface area contributed by atoms with Crippen LogP contribution in [0.15, 0.2) is 29.2 Å². The van der Waals surface area contributed by atoms with Gasteiger partial charge in [0, 0.05) is 20.1 Å². The van der Waals surface area contributed by atoms with Crippen molar-refractivity contribution < 1.29 is 30.8 Å². The second-order valence-corrected chi connectivity index (χ2v) is 10.3. The second-order valence-electron chi connectivity index (χ2n) is 6.32. The highest BCUT2D eigenvalue weighted by Gasteiger charge is 2.33. The van der Waals surface area contributed by atoms with E-state index in [2.05, 4.69) is 10.0 Å². The number of carbonyl (C=O) groups excluding carboxylic acids is 2. The topological polar surface area (TPSA) is 130 Å². The molecule has 1 aliphatic rings. The van der Waals surface area contributed by atoms with Crippen LogP contribution in [0.3, 0.4) is 0 Å². The minimum absolute atomic E-state index is 0.123. The average molecular weight is 435 g/mol. The van der Waals surface area contributed by atoms with Gasteiger partial charge in [0.05, 0.1) is 11.8 Å². The number of rotatable bonds is 7. The van der Waals surface area contributed by atoms with Crippen LogP contribution in [-0.2, 0) is 29.4 Å². The Morgan fingerprint density at radius 2 is 1.75 bits per heavy atom. The Balaban J connectivity index is 1.90. The summed E-state index contributed by atoms with van der Waals surface area (Å²) in [5.41, 5.74) is 0. The molecular formula is C16H22FN3O6S2. The monoisotopic (exact) mass is 435 g/mol. The zero-order chi connectivity index (χ0) is 20.9. The van der Waals surface area contributed by atoms with E-state index in [1.807, 2.05) is 0 Å². The lowest BCUT2D eigenvalue weighted by Crippen LogP contribution is -2.47. The molecule has 2 N–H and O–H groups in total. The first-order valence-corrected chi connectivity index (χ1v) is 11.7. The molecule has 9 nitrogen and oxygen atoms in total. The molecule has 2 amide bonds. The lowest BCUT2D eigenvalue weighted by Gasteiger charge is -2.31. The predicted octanol–water partition coefficient (Wildman–Crippen LogP) is -0.744. The number of amides is 2. The van der Waals surface area contributed by atoms with Crippen LogP contribution in [-0.4, -0.2) is 71.2 Å². The van der Waals surface area contributed by atoms with E-state index in [9.17, 15) is 30.8 Å². The molecule has 12 heteroatoms. The standard InChI is InChI=1S/C16H22FN3O6S2/c1-18-15(21)11-27(23,24)12-6-8-20(9-7-12)16(22)10-19-28(25,26)14-5-3-2-4-13(14)17/h2-5,12,19H,6-11H2,1H3,(H,18,21). The number of piperidine rings is 1. The van der Waals surface area contributed by atoms with Crippen molar-refractivity contribution >= 4 is 31.7 Å². The van der Waals surface area contributed by atoms with E-state index < -0.39 is 59.9 Å². The minimum Gasteiger partial charge on any atom is -0.358 e. The van der Waals surface area contributed by atoms with E-state index in [0.29, 0.717) is 0 Å². The summed E-state index contributed by atoms with van der Waals surface area (Å²) in [6.45, 7) is -0.317. The molecule has 0 unspecified atom stereocenters. The molecule has 1 heterocycles. The van der Waals surface area contributed by atoms with E-state index in [1.54, 1.807) is 0 Å². The summed E-state index contributed by atoms with van der Waals surface area (Å²) >= 11 is 0. The largest absolute Gasteiger partial charge is 0.358 e. The zero-order valence-corrected chi connectivity index (χ0v) is 16.9. The first-order chi connectivity index (χ1) is 13.1. The highest BCUT2D eigenvalue weighted by atomic mass is 32.2. The molecule has 156 valence electrons. The van der Waals surface area contributed by atoms with Crippen molar-refractivity contribution in [1.82, 2.24) is 14.9 Å². The van der Waals surface area contributed by atoms with Crippen LogP contribution in [0.5, 0.6) is 0 Å². The Morgan fingerprint density at radius 3 is 2.32 bits per heavy atom. The van der Waals surface area contributed by atoms with Crippen LogP contribution in [0.2, 0.25) is 0 Å². The SMILES string of the molecule is CNC(=O)CS(=O)(=O)C1CCN(C(=O)CNS(=O)(=O)c2ccccc2F)CC1. The third-order valence-electron chi connectivity index (χ3n) is 4.45. The first kappa shape index (κ1) is 22.2. The highest BCUT2D eigenvalue weighted by molar-refractivity contribution is 7.92. The van der Waals surface area contributed by atoms with Gasteiger partial charge in [0.2, 0.25) is 21.8 Å². The minimum atomic E-state index is -4.19. The maximum Gasteiger partial charge on any atom is 0.243 e. The number of hydrogen-bond donors (Lipinski definition) is 2. The van der Waals surface area contributed by atoms with Crippen molar-refractivity contribution in [2.75, 3.05) is 32.4 Å². The predicted molar refractivity (Wildman–Crippen MR) is 99.0 cm³/mol. The fraction of sp³-hybridized carbons (Fsp3) is 0.500. The number of hydrogen-bond acceptors (Lipinski definition) is 6. The lowest BCUT2D eigenvalue weighted by atomic mass is 10.1. The fourth-order valence-corrected chi connectivity index (χ4v) is 5.57. The third-order valence-corrected chi connectivity index (χ3v) is 8.04. The molecular weight excluding hydrogens is 413 g/mol. The Morgan fingerprint density at radius 1 is 1.14 bits per heavy atom. The molecule has 28 heavy (non-hydrogen) atoms. The van der Waals surface area contributed by atoms with Gasteiger partial charge in [0.25, 0.3) is 0 Å². The van der Waals surface area contributed by atoms with Gasteiger partial charge in [0.15, 0.2) is 9.84 Å². The number of halogens is 1. The number of nitrogens with one attached hydrogen (secondary N) is 2. The zero-order valence-electron chi connectivity index (χ0n) is 15.2. The molecule has 0 aromatic heterocycles. The quantitative estimate of drug-likeness (QED) is 0.580. The Kier molecular flexibility index (Phi) is 7.12. The van der Waals surface area contributed by atoms with E-state index in [1.165, 1.54) is 24.1 Å². The summed E-state index contributed by atoms with van der Waals surface area (Å²) < 4.78 is 64.3. The van der Waals surface area contributed by atoms with Gasteiger partial charge in [-0.05, 0) is 25.0 Å². The fourth-order valence-electron chi connectivity index (χ4n) is 2.85. The van der Waals surface area contributed by atoms with Crippen LogP contribution in [0.4, 0.5) is 4.39 Å². The third kappa shape index (κ3) is 5.49. The van der Waals surface area contributed by atoms with Gasteiger partial charge < -0.3 is 10.2 Å². The lowest BCUT2D eigenvalue weighted by molar-refractivity contribution is -0.130. The summed E-state index contributed by atoms with van der Waals surface area (Å²) in [6.07, 6.45) is 0.316. The Labute approximate surface area is 163 Å². The molecule has 2 rings (SSSR count). The van der Waals surface area contributed by atoms with Gasteiger partial charge in [-0.25, -0.2) is 25.9 Å². The van der Waals surface area contributed by atoms with Crippen molar-refractivity contribution in [3.8, 4) is 0 Å². The highest BCUT2D eigenvalue weighted by Crippen LogP contribution is 2.19. The average Bonchev–Trinajstić information content (AvgIpc) is 2.66. The van der Waals surface area contributed by atoms with Crippen molar-refractivity contribution in [2.24, 2.45) is 0 Å². The summed E-state index contributed by atoms with van der Waals surface area (Å²) in [4.78, 5) is 24.3. The first-order valence-electron chi connectivity index (χ1n) is 8.51. The van der Waals surface area contributed by atoms with Gasteiger partial charge in [-0.3, -0.25) is 9.59 Å². The maximum atomic E-state index is 13.6. The molecule has 0 spiro atoms. The van der Waals surface area contributed by atoms with Crippen molar-refractivity contribution in [3.63, 3.8) is 0 Å². The van der Waals surface area contributed by atoms with Gasteiger partial charge in [-0.15, -0.1) is 0 Å². The maximum absolute atomic E-state index is 13.6. The molecule has 0 bridgehead atoms. The van der Waals surface area contributed by atoms with Crippen molar-refractivity contribution in [2.45, 2.75) is 23.0 Å². The number of sulfonamides is 1. The molecule has 1 fully saturated rings. The molecule has 1 saturated heterocycles. The summed E-state index contributed by atoms with van der Waals surface area (Å²) in [6, 6.07) is 4.80. The normalized spacial score (nSPS) is 16.0. The smallest absolute Gasteiger partial charge is 0.243 e. The van der Waals surface area contributed by atoms with Gasteiger partial charge in [0.1, 0.15) is 16.5 Å². The van der Waals surface area contributed by atoms with E-state index in [0.717, 1.165) is 12.1 Å². The van der Waals surface area contributed by atoms with E-state index in [4.69, 9.17) is 0 Å². The van der Waals surface area contributed by atoms with Gasteiger partial charge in [-0.2, -0.15) is 0 Å². The van der Waals surface area contributed by atoms with Crippen LogP contribution in [0.1, 0.15) is 12.8 Å². The van der Waals surface area contributed by atoms with Crippen LogP contribution in [0, 0.1) is 5.82 Å². The Bertz CT molecular complexity index is 941. The number of nitrogens with zero attached hydrogens (tertiary/aromatic N) is 1. The molecule has 0 atom stereocenters. The molecule has 0 aliphatic carbocycles. The molecule has 1 aromatic rings. The van der Waals surface area contributed by atoms with Gasteiger partial charge >= 0.3 is 0 Å². The molecule has 1 aromatic carbocycles. The van der Waals surface area contributed by atoms with Crippen molar-refractivity contribution in [1.29, 1.82) is 0 Å². The molecule has 0 saturated carbocycles. The number of benzene rings is 1. The van der Waals surface area contributed by atoms with Crippen molar-refractivity contribution in [3.05, 3.63) is 30.1 Å². The Hall–Kier alpha value is -2.05. The van der Waals surface area contributed by atoms with E-state index >= 15 is 0 Å². The van der Waals surface area contributed by atoms with Crippen LogP contribution in [0.25, 0.3) is 0 Å². The second kappa shape index (κ2) is 8.97.